The number of hydrogen-bond donors (Lipinski definition) is 0. The Hall–Kier alpha value is -1.99. The van der Waals surface area contributed by atoms with Crippen LogP contribution in [0.5, 0.6) is 0 Å². The Morgan fingerprint density at radius 2 is 2.00 bits per heavy atom. The molecule has 2 bridgehead atoms. The first-order valence-electron chi connectivity index (χ1n) is 10.1. The zero-order chi connectivity index (χ0) is 21.0. The molecule has 7 heteroatoms. The molecule has 29 heavy (non-hydrogen) atoms. The third-order valence-corrected chi connectivity index (χ3v) is 9.38. The van der Waals surface area contributed by atoms with Crippen LogP contribution in [-0.2, 0) is 21.4 Å². The molecule has 2 aromatic rings. The molecule has 2 atom stereocenters. The molecule has 1 aromatic carbocycles. The van der Waals surface area contributed by atoms with Crippen molar-refractivity contribution < 1.29 is 13.2 Å². The molecular weight excluding hydrogens is 386 g/mol. The van der Waals surface area contributed by atoms with Crippen LogP contribution in [0.2, 0.25) is 0 Å². The molecule has 1 aromatic heterocycles. The Labute approximate surface area is 173 Å². The normalized spacial score (nSPS) is 25.8. The van der Waals surface area contributed by atoms with Crippen LogP contribution in [0.4, 0.5) is 0 Å². The number of sulfonamides is 1. The number of benzene rings is 1. The van der Waals surface area contributed by atoms with Crippen LogP contribution in [0.25, 0.3) is 5.69 Å². The molecule has 2 fully saturated rings. The summed E-state index contributed by atoms with van der Waals surface area (Å²) in [7, 11) is -1.98. The van der Waals surface area contributed by atoms with E-state index in [1.807, 2.05) is 37.4 Å². The van der Waals surface area contributed by atoms with Crippen LogP contribution in [0.1, 0.15) is 44.2 Å². The Morgan fingerprint density at radius 1 is 1.28 bits per heavy atom. The van der Waals surface area contributed by atoms with Crippen molar-refractivity contribution in [1.82, 2.24) is 14.1 Å². The zero-order valence-corrected chi connectivity index (χ0v) is 18.4. The second kappa shape index (κ2) is 6.77. The van der Waals surface area contributed by atoms with Crippen LogP contribution < -0.4 is 0 Å². The Kier molecular flexibility index (Phi) is 4.74. The van der Waals surface area contributed by atoms with Gasteiger partial charge in [0.05, 0.1) is 17.6 Å². The SMILES string of the molecule is Cc1ccccc1-n1cc(CN(C)S(=O)(=O)C[C@]23CC[C@H](CC2=O)C3(C)C)cn1. The number of nitrogens with zero attached hydrogens (tertiary/aromatic N) is 3. The average molecular weight is 416 g/mol. The lowest BCUT2D eigenvalue weighted by molar-refractivity contribution is -0.128. The summed E-state index contributed by atoms with van der Waals surface area (Å²) < 4.78 is 29.5. The van der Waals surface area contributed by atoms with Crippen LogP contribution in [0, 0.1) is 23.7 Å². The number of aromatic nitrogens is 2. The van der Waals surface area contributed by atoms with Gasteiger partial charge in [0.2, 0.25) is 10.0 Å². The summed E-state index contributed by atoms with van der Waals surface area (Å²) in [5, 5.41) is 4.40. The van der Waals surface area contributed by atoms with Gasteiger partial charge >= 0.3 is 0 Å². The molecule has 0 unspecified atom stereocenters. The molecule has 0 saturated heterocycles. The zero-order valence-electron chi connectivity index (χ0n) is 17.6. The summed E-state index contributed by atoms with van der Waals surface area (Å²) in [5.74, 6) is 0.344. The number of hydrogen-bond acceptors (Lipinski definition) is 4. The van der Waals surface area contributed by atoms with E-state index >= 15 is 0 Å². The van der Waals surface area contributed by atoms with Gasteiger partial charge < -0.3 is 0 Å². The van der Waals surface area contributed by atoms with Gasteiger partial charge in [-0.25, -0.2) is 17.4 Å². The van der Waals surface area contributed by atoms with E-state index in [0.29, 0.717) is 18.8 Å². The van der Waals surface area contributed by atoms with Crippen molar-refractivity contribution in [3.8, 4) is 5.69 Å². The molecule has 2 aliphatic rings. The predicted molar refractivity (Wildman–Crippen MR) is 112 cm³/mol. The number of aryl methyl sites for hydroxylation is 1. The maximum atomic E-state index is 13.2. The minimum atomic E-state index is -3.58. The number of rotatable bonds is 6. The number of Topliss-reactive ketones (excluding diaryl/α,β-unsaturated/α-hetero) is 1. The van der Waals surface area contributed by atoms with E-state index in [4.69, 9.17) is 0 Å². The number of carbonyl (C=O) groups is 1. The minimum Gasteiger partial charge on any atom is -0.299 e. The molecule has 6 nitrogen and oxygen atoms in total. The molecule has 1 heterocycles. The van der Waals surface area contributed by atoms with Gasteiger partial charge in [-0.15, -0.1) is 0 Å². The first-order valence-corrected chi connectivity index (χ1v) is 11.7. The summed E-state index contributed by atoms with van der Waals surface area (Å²) >= 11 is 0. The van der Waals surface area contributed by atoms with Gasteiger partial charge in [-0.05, 0) is 42.7 Å². The lowest BCUT2D eigenvalue weighted by Crippen LogP contribution is -2.45. The van der Waals surface area contributed by atoms with Crippen LogP contribution >= 0.6 is 0 Å². The highest BCUT2D eigenvalue weighted by molar-refractivity contribution is 7.89. The summed E-state index contributed by atoms with van der Waals surface area (Å²) in [5.41, 5.74) is 1.89. The van der Waals surface area contributed by atoms with Gasteiger partial charge in [0.25, 0.3) is 0 Å². The summed E-state index contributed by atoms with van der Waals surface area (Å²) in [6.45, 7) is 6.39. The molecule has 0 N–H and O–H groups in total. The van der Waals surface area contributed by atoms with Crippen molar-refractivity contribution in [1.29, 1.82) is 0 Å². The molecule has 2 saturated carbocycles. The largest absolute Gasteiger partial charge is 0.299 e. The topological polar surface area (TPSA) is 72.3 Å². The highest BCUT2D eigenvalue weighted by Gasteiger charge is 2.65. The summed E-state index contributed by atoms with van der Waals surface area (Å²) in [4.78, 5) is 12.7. The van der Waals surface area contributed by atoms with E-state index < -0.39 is 15.4 Å². The second-order valence-electron chi connectivity index (χ2n) is 9.26. The van der Waals surface area contributed by atoms with E-state index in [0.717, 1.165) is 23.2 Å². The molecule has 156 valence electrons. The molecule has 0 spiro atoms. The van der Waals surface area contributed by atoms with Gasteiger partial charge in [-0.3, -0.25) is 4.79 Å². The van der Waals surface area contributed by atoms with E-state index in [9.17, 15) is 13.2 Å². The van der Waals surface area contributed by atoms with Crippen LogP contribution in [0.3, 0.4) is 0 Å². The van der Waals surface area contributed by atoms with Crippen molar-refractivity contribution >= 4 is 15.8 Å². The monoisotopic (exact) mass is 415 g/mol. The molecule has 0 aliphatic heterocycles. The van der Waals surface area contributed by atoms with Gasteiger partial charge in [-0.2, -0.15) is 5.10 Å². The van der Waals surface area contributed by atoms with Gasteiger partial charge in [0.1, 0.15) is 5.78 Å². The lowest BCUT2D eigenvalue weighted by atomic mass is 9.70. The first kappa shape index (κ1) is 20.3. The Morgan fingerprint density at radius 3 is 2.62 bits per heavy atom. The van der Waals surface area contributed by atoms with Crippen LogP contribution in [0.15, 0.2) is 36.7 Å². The summed E-state index contributed by atoms with van der Waals surface area (Å²) in [6, 6.07) is 7.93. The van der Waals surface area contributed by atoms with E-state index in [2.05, 4.69) is 18.9 Å². The van der Waals surface area contributed by atoms with E-state index in [1.54, 1.807) is 17.9 Å². The number of fused-ring (bicyclic) bond motifs is 2. The van der Waals surface area contributed by atoms with Gasteiger partial charge in [0.15, 0.2) is 0 Å². The maximum Gasteiger partial charge on any atom is 0.215 e. The van der Waals surface area contributed by atoms with E-state index in [1.165, 1.54) is 4.31 Å². The summed E-state index contributed by atoms with van der Waals surface area (Å²) in [6.07, 6.45) is 5.72. The van der Waals surface area contributed by atoms with Crippen LogP contribution in [-0.4, -0.2) is 41.1 Å². The predicted octanol–water partition coefficient (Wildman–Crippen LogP) is 3.34. The van der Waals surface area contributed by atoms with Gasteiger partial charge in [0, 0.05) is 37.2 Å². The standard InChI is InChI=1S/C22H29N3O3S/c1-16-7-5-6-8-19(16)25-14-17(12-23-25)13-24(4)29(27,28)15-22-10-9-18(11-20(22)26)21(22,2)3/h5-8,12,14,18H,9-11,13,15H2,1-4H3/t18-,22-/m1/s1. The Balaban J connectivity index is 1.52. The molecule has 2 aliphatic carbocycles. The van der Waals surface area contributed by atoms with Crippen molar-refractivity contribution in [2.24, 2.45) is 16.7 Å². The first-order chi connectivity index (χ1) is 13.6. The average Bonchev–Trinajstić information content (AvgIpc) is 3.25. The third-order valence-electron chi connectivity index (χ3n) is 7.45. The minimum absolute atomic E-state index is 0.0925. The highest BCUT2D eigenvalue weighted by atomic mass is 32.2. The van der Waals surface area contributed by atoms with Crippen molar-refractivity contribution in [3.05, 3.63) is 47.8 Å². The fraction of sp³-hybridized carbons (Fsp3) is 0.545. The number of carbonyl (C=O) groups excluding carboxylic acids is 1. The van der Waals surface area contributed by atoms with Crippen molar-refractivity contribution in [3.63, 3.8) is 0 Å². The number of ketones is 1. The molecule has 4 rings (SSSR count). The molecule has 0 radical (unpaired) electrons. The Bertz CT molecular complexity index is 1060. The van der Waals surface area contributed by atoms with E-state index in [-0.39, 0.29) is 23.5 Å². The van der Waals surface area contributed by atoms with Gasteiger partial charge in [-0.1, -0.05) is 32.0 Å². The quantitative estimate of drug-likeness (QED) is 0.725. The number of para-hydroxylation sites is 1. The molecular formula is C22H29N3O3S. The molecule has 0 amide bonds. The fourth-order valence-corrected chi connectivity index (χ4v) is 7.15. The third kappa shape index (κ3) is 3.15. The highest BCUT2D eigenvalue weighted by Crippen LogP contribution is 2.64. The smallest absolute Gasteiger partial charge is 0.215 e. The maximum absolute atomic E-state index is 13.2. The van der Waals surface area contributed by atoms with Crippen molar-refractivity contribution in [2.75, 3.05) is 12.8 Å². The second-order valence-corrected chi connectivity index (χ2v) is 11.3. The van der Waals surface area contributed by atoms with Crippen molar-refractivity contribution in [2.45, 2.75) is 46.6 Å². The fourth-order valence-electron chi connectivity index (χ4n) is 5.28. The lowest BCUT2D eigenvalue weighted by Gasteiger charge is -2.37.